The van der Waals surface area contributed by atoms with Crippen LogP contribution < -0.4 is 4.72 Å². The zero-order valence-electron chi connectivity index (χ0n) is 11.1. The van der Waals surface area contributed by atoms with E-state index < -0.39 is 10.0 Å². The Bertz CT molecular complexity index is 695. The van der Waals surface area contributed by atoms with E-state index in [0.29, 0.717) is 4.90 Å². The zero-order chi connectivity index (χ0) is 14.0. The fourth-order valence-electron chi connectivity index (χ4n) is 2.73. The maximum atomic E-state index is 12.4. The van der Waals surface area contributed by atoms with E-state index in [1.165, 1.54) is 5.56 Å². The Hall–Kier alpha value is -1.65. The first kappa shape index (κ1) is 13.3. The van der Waals surface area contributed by atoms with Crippen molar-refractivity contribution in [3.63, 3.8) is 0 Å². The maximum Gasteiger partial charge on any atom is 0.241 e. The summed E-state index contributed by atoms with van der Waals surface area (Å²) >= 11 is 0. The van der Waals surface area contributed by atoms with Gasteiger partial charge >= 0.3 is 0 Å². The molecule has 0 spiro atoms. The average Bonchev–Trinajstić information content (AvgIpc) is 2.48. The quantitative estimate of drug-likeness (QED) is 0.943. The SMILES string of the molecule is O=S(=O)(N[C@@H]1CCCc2ccccc21)c1ccccc1. The summed E-state index contributed by atoms with van der Waals surface area (Å²) in [4.78, 5) is 0.322. The molecule has 0 heterocycles. The number of rotatable bonds is 3. The van der Waals surface area contributed by atoms with Crippen LogP contribution in [0.5, 0.6) is 0 Å². The molecule has 0 aromatic heterocycles. The van der Waals surface area contributed by atoms with Crippen LogP contribution >= 0.6 is 0 Å². The highest BCUT2D eigenvalue weighted by molar-refractivity contribution is 7.89. The molecule has 2 aromatic rings. The minimum atomic E-state index is -3.45. The van der Waals surface area contributed by atoms with E-state index in [2.05, 4.69) is 10.8 Å². The van der Waals surface area contributed by atoms with Crippen LogP contribution in [0.3, 0.4) is 0 Å². The van der Waals surface area contributed by atoms with Crippen molar-refractivity contribution in [2.75, 3.05) is 0 Å². The molecule has 1 N–H and O–H groups in total. The number of aryl methyl sites for hydroxylation is 1. The number of hydrogen-bond acceptors (Lipinski definition) is 2. The summed E-state index contributed by atoms with van der Waals surface area (Å²) in [5.74, 6) is 0. The van der Waals surface area contributed by atoms with Gasteiger partial charge in [0.05, 0.1) is 4.90 Å². The molecular formula is C16H17NO2S. The van der Waals surface area contributed by atoms with Gasteiger partial charge in [0.2, 0.25) is 10.0 Å². The van der Waals surface area contributed by atoms with E-state index in [0.717, 1.165) is 24.8 Å². The van der Waals surface area contributed by atoms with E-state index in [9.17, 15) is 8.42 Å². The molecule has 3 nitrogen and oxygen atoms in total. The van der Waals surface area contributed by atoms with Crippen LogP contribution in [0.4, 0.5) is 0 Å². The first-order valence-electron chi connectivity index (χ1n) is 6.82. The fourth-order valence-corrected chi connectivity index (χ4v) is 4.00. The lowest BCUT2D eigenvalue weighted by atomic mass is 9.88. The third-order valence-corrected chi connectivity index (χ3v) is 5.21. The molecule has 0 fully saturated rings. The third kappa shape index (κ3) is 2.62. The lowest BCUT2D eigenvalue weighted by Crippen LogP contribution is -2.31. The minimum absolute atomic E-state index is 0.120. The molecule has 4 heteroatoms. The molecule has 0 amide bonds. The summed E-state index contributed by atoms with van der Waals surface area (Å²) in [5.41, 5.74) is 2.36. The fraction of sp³-hybridized carbons (Fsp3) is 0.250. The van der Waals surface area contributed by atoms with Crippen molar-refractivity contribution in [3.8, 4) is 0 Å². The average molecular weight is 287 g/mol. The Labute approximate surface area is 119 Å². The number of benzene rings is 2. The van der Waals surface area contributed by atoms with Gasteiger partial charge in [-0.15, -0.1) is 0 Å². The Kier molecular flexibility index (Phi) is 3.59. The van der Waals surface area contributed by atoms with Crippen LogP contribution in [0.15, 0.2) is 59.5 Å². The molecule has 1 atom stereocenters. The summed E-state index contributed by atoms with van der Waals surface area (Å²) in [7, 11) is -3.45. The Balaban J connectivity index is 1.90. The standard InChI is InChI=1S/C16H17NO2S/c18-20(19,14-9-2-1-3-10-14)17-16-12-6-8-13-7-4-5-11-15(13)16/h1-5,7,9-11,16-17H,6,8,12H2/t16-/m1/s1. The van der Waals surface area contributed by atoms with E-state index in [-0.39, 0.29) is 6.04 Å². The van der Waals surface area contributed by atoms with Crippen molar-refractivity contribution in [2.24, 2.45) is 0 Å². The molecule has 0 saturated carbocycles. The lowest BCUT2D eigenvalue weighted by Gasteiger charge is -2.26. The van der Waals surface area contributed by atoms with Crippen molar-refractivity contribution in [2.45, 2.75) is 30.2 Å². The van der Waals surface area contributed by atoms with Crippen LogP contribution in [0.1, 0.15) is 30.0 Å². The Morgan fingerprint density at radius 1 is 0.950 bits per heavy atom. The summed E-state index contributed by atoms with van der Waals surface area (Å²) in [6.07, 6.45) is 2.89. The van der Waals surface area contributed by atoms with Crippen molar-refractivity contribution < 1.29 is 8.42 Å². The zero-order valence-corrected chi connectivity index (χ0v) is 11.9. The molecule has 0 radical (unpaired) electrons. The van der Waals surface area contributed by atoms with E-state index >= 15 is 0 Å². The van der Waals surface area contributed by atoms with Crippen LogP contribution in [-0.2, 0) is 16.4 Å². The number of nitrogens with one attached hydrogen (secondary N) is 1. The van der Waals surface area contributed by atoms with Gasteiger partial charge < -0.3 is 0 Å². The number of fused-ring (bicyclic) bond motifs is 1. The van der Waals surface area contributed by atoms with E-state index in [4.69, 9.17) is 0 Å². The van der Waals surface area contributed by atoms with Gasteiger partial charge in [-0.05, 0) is 42.5 Å². The summed E-state index contributed by atoms with van der Waals surface area (Å²) in [5, 5.41) is 0. The molecular weight excluding hydrogens is 270 g/mol. The second kappa shape index (κ2) is 5.38. The smallest absolute Gasteiger partial charge is 0.207 e. The lowest BCUT2D eigenvalue weighted by molar-refractivity contribution is 0.507. The first-order chi connectivity index (χ1) is 9.67. The Morgan fingerprint density at radius 3 is 2.45 bits per heavy atom. The van der Waals surface area contributed by atoms with Crippen molar-refractivity contribution in [3.05, 3.63) is 65.7 Å². The molecule has 20 heavy (non-hydrogen) atoms. The molecule has 2 aromatic carbocycles. The molecule has 104 valence electrons. The van der Waals surface area contributed by atoms with Gasteiger partial charge in [-0.1, -0.05) is 42.5 Å². The molecule has 0 bridgehead atoms. The van der Waals surface area contributed by atoms with Gasteiger partial charge in [0, 0.05) is 6.04 Å². The van der Waals surface area contributed by atoms with Crippen molar-refractivity contribution in [1.82, 2.24) is 4.72 Å². The van der Waals surface area contributed by atoms with E-state index in [1.54, 1.807) is 24.3 Å². The second-order valence-corrected chi connectivity index (χ2v) is 6.79. The molecule has 0 aliphatic heterocycles. The Morgan fingerprint density at radius 2 is 1.65 bits per heavy atom. The monoisotopic (exact) mass is 287 g/mol. The van der Waals surface area contributed by atoms with Gasteiger partial charge in [-0.25, -0.2) is 13.1 Å². The van der Waals surface area contributed by atoms with E-state index in [1.807, 2.05) is 24.3 Å². The first-order valence-corrected chi connectivity index (χ1v) is 8.30. The highest BCUT2D eigenvalue weighted by atomic mass is 32.2. The summed E-state index contributed by atoms with van der Waals surface area (Å²) < 4.78 is 27.6. The van der Waals surface area contributed by atoms with Crippen LogP contribution in [0, 0.1) is 0 Å². The number of hydrogen-bond donors (Lipinski definition) is 1. The van der Waals surface area contributed by atoms with Crippen molar-refractivity contribution >= 4 is 10.0 Å². The highest BCUT2D eigenvalue weighted by Crippen LogP contribution is 2.30. The minimum Gasteiger partial charge on any atom is -0.207 e. The second-order valence-electron chi connectivity index (χ2n) is 5.08. The molecule has 3 rings (SSSR count). The molecule has 1 aliphatic rings. The predicted octanol–water partition coefficient (Wildman–Crippen LogP) is 3.04. The largest absolute Gasteiger partial charge is 0.241 e. The van der Waals surface area contributed by atoms with Gasteiger partial charge in [0.25, 0.3) is 0 Å². The topological polar surface area (TPSA) is 46.2 Å². The van der Waals surface area contributed by atoms with Crippen LogP contribution in [0.25, 0.3) is 0 Å². The normalized spacial score (nSPS) is 18.5. The van der Waals surface area contributed by atoms with Gasteiger partial charge in [-0.2, -0.15) is 0 Å². The van der Waals surface area contributed by atoms with Crippen LogP contribution in [-0.4, -0.2) is 8.42 Å². The molecule has 0 saturated heterocycles. The van der Waals surface area contributed by atoms with Crippen LogP contribution in [0.2, 0.25) is 0 Å². The van der Waals surface area contributed by atoms with Gasteiger partial charge in [0.15, 0.2) is 0 Å². The molecule has 1 aliphatic carbocycles. The van der Waals surface area contributed by atoms with Gasteiger partial charge in [-0.3, -0.25) is 0 Å². The number of sulfonamides is 1. The molecule has 0 unspecified atom stereocenters. The predicted molar refractivity (Wildman–Crippen MR) is 78.9 cm³/mol. The summed E-state index contributed by atoms with van der Waals surface area (Å²) in [6.45, 7) is 0. The highest BCUT2D eigenvalue weighted by Gasteiger charge is 2.25. The maximum absolute atomic E-state index is 12.4. The van der Waals surface area contributed by atoms with Gasteiger partial charge in [0.1, 0.15) is 0 Å². The summed E-state index contributed by atoms with van der Waals surface area (Å²) in [6, 6.07) is 16.5. The third-order valence-electron chi connectivity index (χ3n) is 3.72. The van der Waals surface area contributed by atoms with Crippen molar-refractivity contribution in [1.29, 1.82) is 0 Å².